The Morgan fingerprint density at radius 1 is 1.22 bits per heavy atom. The van der Waals surface area contributed by atoms with Gasteiger partial charge in [0, 0.05) is 0 Å². The second-order valence-electron chi connectivity index (χ2n) is 0.846. The standard InChI is InChI=1S/C2HF3.C2H6O2/c3-1-2(4)5;3-1-2-4/h1H;3-4H,1-2H2. The van der Waals surface area contributed by atoms with E-state index in [1.165, 1.54) is 0 Å². The fourth-order valence-corrected chi connectivity index (χ4v) is 0. The van der Waals surface area contributed by atoms with Gasteiger partial charge in [0.15, 0.2) is 6.33 Å². The molecule has 2 N–H and O–H groups in total. The number of aliphatic hydroxyl groups is 2. The van der Waals surface area contributed by atoms with Crippen molar-refractivity contribution in [2.75, 3.05) is 13.2 Å². The fraction of sp³-hybridized carbons (Fsp3) is 0.500. The first kappa shape index (κ1) is 11.3. The molecule has 5 heteroatoms. The summed E-state index contributed by atoms with van der Waals surface area (Å²) in [6.07, 6.45) is -3.04. The Balaban J connectivity index is 0. The summed E-state index contributed by atoms with van der Waals surface area (Å²) in [5, 5.41) is 15.2. The van der Waals surface area contributed by atoms with Gasteiger partial charge in [-0.1, -0.05) is 0 Å². The molecule has 0 fully saturated rings. The minimum atomic E-state index is -2.29. The number of aliphatic hydroxyl groups excluding tert-OH is 2. The molecule has 56 valence electrons. The van der Waals surface area contributed by atoms with Crippen LogP contribution in [0.5, 0.6) is 0 Å². The maximum absolute atomic E-state index is 10.2. The van der Waals surface area contributed by atoms with Gasteiger partial charge in [0.25, 0.3) is 6.08 Å². The van der Waals surface area contributed by atoms with Gasteiger partial charge < -0.3 is 10.2 Å². The third-order valence-corrected chi connectivity index (χ3v) is 0.182. The van der Waals surface area contributed by atoms with Crippen molar-refractivity contribution in [3.63, 3.8) is 0 Å². The summed E-state index contributed by atoms with van der Waals surface area (Å²) in [4.78, 5) is 0. The molecule has 0 aromatic rings. The van der Waals surface area contributed by atoms with Crippen LogP contribution in [-0.2, 0) is 0 Å². The molecule has 0 aliphatic rings. The SMILES string of the molecule is FC=C(F)F.OCCO. The highest BCUT2D eigenvalue weighted by molar-refractivity contribution is 4.66. The zero-order chi connectivity index (χ0) is 7.70. The van der Waals surface area contributed by atoms with Crippen LogP contribution in [0, 0.1) is 0 Å². The Bertz CT molecular complexity index is 68.2. The van der Waals surface area contributed by atoms with E-state index in [0.717, 1.165) is 0 Å². The van der Waals surface area contributed by atoms with Crippen LogP contribution in [0.3, 0.4) is 0 Å². The van der Waals surface area contributed by atoms with Crippen molar-refractivity contribution >= 4 is 0 Å². The molecule has 0 aliphatic carbocycles. The molecule has 0 saturated heterocycles. The summed E-state index contributed by atoms with van der Waals surface area (Å²) in [5.41, 5.74) is 0. The topological polar surface area (TPSA) is 40.5 Å². The van der Waals surface area contributed by atoms with E-state index in [9.17, 15) is 13.2 Å². The molecular formula is C4H7F3O2. The molecule has 0 radical (unpaired) electrons. The lowest BCUT2D eigenvalue weighted by molar-refractivity contribution is 0.186. The Hall–Kier alpha value is -0.550. The molecule has 0 aromatic carbocycles. The van der Waals surface area contributed by atoms with Crippen LogP contribution >= 0.6 is 0 Å². The van der Waals surface area contributed by atoms with Crippen LogP contribution in [0.1, 0.15) is 0 Å². The predicted molar refractivity (Wildman–Crippen MR) is 25.6 cm³/mol. The smallest absolute Gasteiger partial charge is 0.298 e. The van der Waals surface area contributed by atoms with Crippen LogP contribution in [-0.4, -0.2) is 23.4 Å². The van der Waals surface area contributed by atoms with Gasteiger partial charge in [-0.2, -0.15) is 8.78 Å². The molecule has 0 rings (SSSR count). The number of halogens is 3. The van der Waals surface area contributed by atoms with Gasteiger partial charge in [-0.25, -0.2) is 4.39 Å². The van der Waals surface area contributed by atoms with E-state index in [1.807, 2.05) is 0 Å². The Morgan fingerprint density at radius 3 is 1.44 bits per heavy atom. The average Bonchev–Trinajstić information content (AvgIpc) is 1.89. The van der Waals surface area contributed by atoms with Gasteiger partial charge in [-0.05, 0) is 0 Å². The van der Waals surface area contributed by atoms with E-state index >= 15 is 0 Å². The highest BCUT2D eigenvalue weighted by Gasteiger charge is 1.78. The second kappa shape index (κ2) is 10.4. The second-order valence-corrected chi connectivity index (χ2v) is 0.846. The molecular weight excluding hydrogens is 137 g/mol. The average molecular weight is 144 g/mol. The lowest BCUT2D eigenvalue weighted by Gasteiger charge is -1.70. The van der Waals surface area contributed by atoms with Gasteiger partial charge in [0.05, 0.1) is 13.2 Å². The largest absolute Gasteiger partial charge is 0.394 e. The van der Waals surface area contributed by atoms with Gasteiger partial charge >= 0.3 is 0 Å². The fourth-order valence-electron chi connectivity index (χ4n) is 0. The van der Waals surface area contributed by atoms with E-state index in [-0.39, 0.29) is 13.2 Å². The van der Waals surface area contributed by atoms with Crippen LogP contribution in [0.2, 0.25) is 0 Å². The van der Waals surface area contributed by atoms with Gasteiger partial charge in [0.1, 0.15) is 0 Å². The first-order valence-corrected chi connectivity index (χ1v) is 2.02. The normalized spacial score (nSPS) is 7.22. The molecule has 0 aliphatic heterocycles. The molecule has 2 nitrogen and oxygen atoms in total. The minimum absolute atomic E-state index is 0.125. The van der Waals surface area contributed by atoms with E-state index in [4.69, 9.17) is 10.2 Å². The van der Waals surface area contributed by atoms with Crippen molar-refractivity contribution < 1.29 is 23.4 Å². The first-order chi connectivity index (χ1) is 4.18. The van der Waals surface area contributed by atoms with Crippen molar-refractivity contribution in [1.29, 1.82) is 0 Å². The Labute approximate surface area is 50.2 Å². The van der Waals surface area contributed by atoms with E-state index in [1.54, 1.807) is 0 Å². The molecule has 0 bridgehead atoms. The van der Waals surface area contributed by atoms with Crippen molar-refractivity contribution in [2.45, 2.75) is 0 Å². The summed E-state index contributed by atoms with van der Waals surface area (Å²) in [7, 11) is 0. The third-order valence-electron chi connectivity index (χ3n) is 0.182. The zero-order valence-corrected chi connectivity index (χ0v) is 4.52. The van der Waals surface area contributed by atoms with Crippen molar-refractivity contribution in [3.05, 3.63) is 12.4 Å². The number of hydrogen-bond donors (Lipinski definition) is 2. The molecule has 0 heterocycles. The van der Waals surface area contributed by atoms with E-state index in [0.29, 0.717) is 0 Å². The lowest BCUT2D eigenvalue weighted by Crippen LogP contribution is -1.85. The van der Waals surface area contributed by atoms with Gasteiger partial charge in [0.2, 0.25) is 0 Å². The van der Waals surface area contributed by atoms with Crippen LogP contribution in [0.25, 0.3) is 0 Å². The number of rotatable bonds is 1. The lowest BCUT2D eigenvalue weighted by atomic mass is 10.8. The highest BCUT2D eigenvalue weighted by Crippen LogP contribution is 1.93. The Kier molecular flexibility index (Phi) is 13.1. The maximum atomic E-state index is 10.2. The highest BCUT2D eigenvalue weighted by atomic mass is 19.3. The molecule has 0 amide bonds. The molecule has 0 aromatic heterocycles. The summed E-state index contributed by atoms with van der Waals surface area (Å²) < 4.78 is 30.7. The molecule has 0 unspecified atom stereocenters. The maximum Gasteiger partial charge on any atom is 0.298 e. The van der Waals surface area contributed by atoms with Crippen LogP contribution < -0.4 is 0 Å². The van der Waals surface area contributed by atoms with Crippen molar-refractivity contribution in [2.24, 2.45) is 0 Å². The van der Waals surface area contributed by atoms with E-state index in [2.05, 4.69) is 0 Å². The zero-order valence-electron chi connectivity index (χ0n) is 4.52. The summed E-state index contributed by atoms with van der Waals surface area (Å²) >= 11 is 0. The summed E-state index contributed by atoms with van der Waals surface area (Å²) in [6.45, 7) is -0.250. The van der Waals surface area contributed by atoms with Crippen molar-refractivity contribution in [3.8, 4) is 0 Å². The number of hydrogen-bond acceptors (Lipinski definition) is 2. The molecule has 9 heavy (non-hydrogen) atoms. The predicted octanol–water partition coefficient (Wildman–Crippen LogP) is 0.665. The molecule has 0 saturated carbocycles. The van der Waals surface area contributed by atoms with Gasteiger partial charge in [-0.3, -0.25) is 0 Å². The third kappa shape index (κ3) is 36.9. The monoisotopic (exact) mass is 144 g/mol. The van der Waals surface area contributed by atoms with Crippen LogP contribution in [0.15, 0.2) is 12.4 Å². The summed E-state index contributed by atoms with van der Waals surface area (Å²) in [6, 6.07) is 0. The van der Waals surface area contributed by atoms with E-state index < -0.39 is 12.4 Å². The molecule has 0 spiro atoms. The minimum Gasteiger partial charge on any atom is -0.394 e. The van der Waals surface area contributed by atoms with Crippen LogP contribution in [0.4, 0.5) is 13.2 Å². The van der Waals surface area contributed by atoms with Crippen molar-refractivity contribution in [1.82, 2.24) is 0 Å². The molecule has 0 atom stereocenters. The van der Waals surface area contributed by atoms with Gasteiger partial charge in [-0.15, -0.1) is 0 Å². The first-order valence-electron chi connectivity index (χ1n) is 2.02. The quantitative estimate of drug-likeness (QED) is 0.567. The Morgan fingerprint density at radius 2 is 1.44 bits per heavy atom. The summed E-state index contributed by atoms with van der Waals surface area (Å²) in [5.74, 6) is 0.